The van der Waals surface area contributed by atoms with Gasteiger partial charge in [-0.2, -0.15) is 0 Å². The van der Waals surface area contributed by atoms with Crippen LogP contribution in [0.2, 0.25) is 0 Å². The highest BCUT2D eigenvalue weighted by Gasteiger charge is 2.37. The Balaban J connectivity index is 0.893. The summed E-state index contributed by atoms with van der Waals surface area (Å²) >= 11 is 0. The van der Waals surface area contributed by atoms with Crippen molar-refractivity contribution in [3.63, 3.8) is 0 Å². The lowest BCUT2D eigenvalue weighted by Crippen LogP contribution is -2.32. The molecule has 0 aliphatic carbocycles. The Bertz CT molecular complexity index is 2680. The van der Waals surface area contributed by atoms with Gasteiger partial charge in [-0.1, -0.05) is 126 Å². The number of pyridine rings is 1. The Morgan fingerprint density at radius 2 is 0.806 bits per heavy atom. The highest BCUT2D eigenvalue weighted by Crippen LogP contribution is 2.34. The van der Waals surface area contributed by atoms with Gasteiger partial charge in [-0.15, -0.1) is 10.2 Å². The molecule has 3 aromatic heterocycles. The lowest BCUT2D eigenvalue weighted by Gasteiger charge is -2.24. The van der Waals surface area contributed by atoms with E-state index in [0.29, 0.717) is 89.1 Å². The summed E-state index contributed by atoms with van der Waals surface area (Å²) in [7, 11) is 0. The molecule has 10 heterocycles. The van der Waals surface area contributed by atoms with Crippen molar-refractivity contribution in [2.75, 3.05) is 79.0 Å². The number of benzene rings is 4. The van der Waals surface area contributed by atoms with Gasteiger partial charge in [0.2, 0.25) is 11.8 Å². The fraction of sp³-hybridized carbons (Fsp3) is 0.364. The number of hydrogen-bond donors (Lipinski definition) is 0. The molecule has 72 heavy (non-hydrogen) atoms. The minimum atomic E-state index is -0.376. The fourth-order valence-electron chi connectivity index (χ4n) is 9.42. The van der Waals surface area contributed by atoms with E-state index < -0.39 is 0 Å². The van der Waals surface area contributed by atoms with Crippen molar-refractivity contribution in [3.05, 3.63) is 173 Å². The lowest BCUT2D eigenvalue weighted by molar-refractivity contribution is 0.00624. The molecule has 1 saturated heterocycles. The van der Waals surface area contributed by atoms with E-state index in [1.807, 2.05) is 76.4 Å². The summed E-state index contributed by atoms with van der Waals surface area (Å²) in [4.78, 5) is 20.1. The molecule has 0 N–H and O–H groups in total. The van der Waals surface area contributed by atoms with Gasteiger partial charge in [-0.25, -0.2) is 24.3 Å². The van der Waals surface area contributed by atoms with Crippen LogP contribution in [0.25, 0.3) is 22.5 Å². The van der Waals surface area contributed by atoms with Gasteiger partial charge >= 0.3 is 0 Å². The zero-order valence-corrected chi connectivity index (χ0v) is 40.3. The molecule has 0 unspecified atom stereocenters. The van der Waals surface area contributed by atoms with Crippen LogP contribution in [0.3, 0.4) is 0 Å². The summed E-state index contributed by atoms with van der Waals surface area (Å²) in [6, 6.07) is 42.5. The summed E-state index contributed by atoms with van der Waals surface area (Å²) < 4.78 is 41.4. The number of nitrogens with zero attached hydrogens (tertiary/aromatic N) is 11. The highest BCUT2D eigenvalue weighted by molar-refractivity contribution is 5.97. The van der Waals surface area contributed by atoms with Gasteiger partial charge in [0.1, 0.15) is 47.1 Å². The first kappa shape index (κ1) is 47.3. The largest absolute Gasteiger partial charge is 0.466 e. The number of fused-ring (bicyclic) bond motifs is 9. The smallest absolute Gasteiger partial charge is 0.236 e. The van der Waals surface area contributed by atoms with Gasteiger partial charge in [-0.3, -0.25) is 9.80 Å². The summed E-state index contributed by atoms with van der Waals surface area (Å²) in [5.74, 6) is 0.879. The third-order valence-electron chi connectivity index (χ3n) is 13.3. The first-order valence-corrected chi connectivity index (χ1v) is 24.9. The Morgan fingerprint density at radius 3 is 1.21 bits per heavy atom. The molecule has 0 spiro atoms. The Morgan fingerprint density at radius 1 is 0.403 bits per heavy atom. The van der Waals surface area contributed by atoms with E-state index in [2.05, 4.69) is 103 Å². The molecule has 370 valence electrons. The Kier molecular flexibility index (Phi) is 15.2. The minimum absolute atomic E-state index is 0.311. The molecule has 0 radical (unpaired) electrons. The maximum absolute atomic E-state index is 6.71. The standard InChI is InChI=1S/C55H59N11O6/c1-3-8-44(9-4-1)52-50-38-65-36-48(59-61-65)42-18-14-40(15-19-42)34-63-22-26-67-30-32-69-28-24-64(25-29-70-33-31-68-27-23-63)35-41-16-20-43(21-17-41)49-37-66(62-60-49)39-51-53(45-10-5-2-6-11-45)72-55(58-51)47-13-7-12-46(56-47)54(57-50)71-52/h1-21,36-37,50-53H,22-35,38-39H2/t50-,51-,52-,53-/m0/s1. The zero-order valence-electron chi connectivity index (χ0n) is 40.3. The van der Waals surface area contributed by atoms with Crippen molar-refractivity contribution in [3.8, 4) is 22.5 Å². The van der Waals surface area contributed by atoms with Crippen molar-refractivity contribution in [2.45, 2.75) is 50.5 Å². The lowest BCUT2D eigenvalue weighted by atomic mass is 10.0. The van der Waals surface area contributed by atoms with Crippen molar-refractivity contribution < 1.29 is 28.4 Å². The van der Waals surface area contributed by atoms with E-state index in [4.69, 9.17) is 43.4 Å². The van der Waals surface area contributed by atoms with Gasteiger partial charge in [0.15, 0.2) is 0 Å². The van der Waals surface area contributed by atoms with Gasteiger partial charge in [-0.05, 0) is 34.4 Å². The second-order valence-electron chi connectivity index (χ2n) is 18.4. The first-order chi connectivity index (χ1) is 35.6. The van der Waals surface area contributed by atoms with Crippen LogP contribution < -0.4 is 0 Å². The SMILES string of the molecule is c1ccc([C@@H]2OC3=N[C@H]2Cn2cc(nn2)-c2ccc(cc2)CN2CCOCCOCCN(CCOCCOCC2)Cc2ccc(cc2)-c2cn(nn2)C[C@@H]2N=C(O[C@H]2c2ccccc2)c2cccc3n2)cc1. The quantitative estimate of drug-likeness (QED) is 0.186. The van der Waals surface area contributed by atoms with Crippen LogP contribution in [0.15, 0.2) is 150 Å². The third-order valence-corrected chi connectivity index (χ3v) is 13.3. The maximum Gasteiger partial charge on any atom is 0.236 e. The molecule has 17 nitrogen and oxygen atoms in total. The third kappa shape index (κ3) is 11.8. The number of aromatic nitrogens is 7. The van der Waals surface area contributed by atoms with Crippen molar-refractivity contribution in [1.29, 1.82) is 0 Å². The van der Waals surface area contributed by atoms with Crippen LogP contribution in [-0.4, -0.2) is 148 Å². The van der Waals surface area contributed by atoms with E-state index in [1.54, 1.807) is 0 Å². The summed E-state index contributed by atoms with van der Waals surface area (Å²) in [6.07, 6.45) is 3.19. The van der Waals surface area contributed by atoms with E-state index in [-0.39, 0.29) is 24.3 Å². The van der Waals surface area contributed by atoms with Gasteiger partial charge in [0.05, 0.1) is 78.3 Å². The molecule has 4 aromatic carbocycles. The molecule has 17 heteroatoms. The van der Waals surface area contributed by atoms with Gasteiger partial charge < -0.3 is 28.4 Å². The average molecular weight is 970 g/mol. The van der Waals surface area contributed by atoms with Crippen LogP contribution >= 0.6 is 0 Å². The predicted octanol–water partition coefficient (Wildman–Crippen LogP) is 6.47. The number of rotatable bonds is 2. The summed E-state index contributed by atoms with van der Waals surface area (Å²) in [5.41, 5.74) is 9.05. The molecular formula is C55H59N11O6. The van der Waals surface area contributed by atoms with Crippen molar-refractivity contribution in [1.82, 2.24) is 44.8 Å². The fourth-order valence-corrected chi connectivity index (χ4v) is 9.42. The molecule has 4 atom stereocenters. The van der Waals surface area contributed by atoms with Crippen LogP contribution in [0.1, 0.15) is 45.8 Å². The molecule has 0 amide bonds. The normalized spacial score (nSPS) is 23.7. The van der Waals surface area contributed by atoms with Crippen LogP contribution in [0.4, 0.5) is 0 Å². The number of aliphatic imine (C=N–C) groups is 2. The average Bonchev–Trinajstić information content (AvgIpc) is 4.26. The molecule has 7 aliphatic heterocycles. The topological polar surface area (TPSA) is 161 Å². The monoisotopic (exact) mass is 969 g/mol. The van der Waals surface area contributed by atoms with Crippen LogP contribution in [0.5, 0.6) is 0 Å². The zero-order chi connectivity index (χ0) is 48.3. The molecule has 1 fully saturated rings. The Hall–Kier alpha value is -6.99. The van der Waals surface area contributed by atoms with Crippen molar-refractivity contribution in [2.24, 2.45) is 9.98 Å². The van der Waals surface area contributed by atoms with Crippen LogP contribution in [0, 0.1) is 0 Å². The van der Waals surface area contributed by atoms with E-state index in [1.165, 1.54) is 11.1 Å². The van der Waals surface area contributed by atoms with Gasteiger partial charge in [0, 0.05) is 50.4 Å². The molecule has 16 bridgehead atoms. The molecular weight excluding hydrogens is 911 g/mol. The number of ether oxygens (including phenoxy) is 6. The minimum Gasteiger partial charge on any atom is -0.466 e. The molecule has 14 rings (SSSR count). The Labute approximate surface area is 419 Å². The molecule has 0 saturated carbocycles. The highest BCUT2D eigenvalue weighted by atomic mass is 16.5. The maximum atomic E-state index is 6.71. The summed E-state index contributed by atoms with van der Waals surface area (Å²) in [6.45, 7) is 9.95. The van der Waals surface area contributed by atoms with Crippen molar-refractivity contribution >= 4 is 11.8 Å². The predicted molar refractivity (Wildman–Crippen MR) is 270 cm³/mol. The van der Waals surface area contributed by atoms with E-state index in [0.717, 1.165) is 72.9 Å². The first-order valence-electron chi connectivity index (χ1n) is 24.9. The van der Waals surface area contributed by atoms with E-state index in [9.17, 15) is 0 Å². The summed E-state index contributed by atoms with van der Waals surface area (Å²) in [5, 5.41) is 18.3. The second kappa shape index (κ2) is 23.0. The molecule has 7 aliphatic rings. The van der Waals surface area contributed by atoms with Crippen LogP contribution in [-0.2, 0) is 54.6 Å². The van der Waals surface area contributed by atoms with E-state index >= 15 is 0 Å². The number of hydrogen-bond acceptors (Lipinski definition) is 15. The second-order valence-corrected chi connectivity index (χ2v) is 18.4. The van der Waals surface area contributed by atoms with Gasteiger partial charge in [0.25, 0.3) is 0 Å². The molecule has 7 aromatic rings.